The summed E-state index contributed by atoms with van der Waals surface area (Å²) in [6.45, 7) is 0. The van der Waals surface area contributed by atoms with E-state index in [9.17, 15) is 0 Å². The average Bonchev–Trinajstić information content (AvgIpc) is 2.82. The maximum absolute atomic E-state index is 6.04. The van der Waals surface area contributed by atoms with Gasteiger partial charge < -0.3 is 5.73 Å². The molecular formula is C15H11BrIN3. The lowest BCUT2D eigenvalue weighted by Crippen LogP contribution is -1.89. The van der Waals surface area contributed by atoms with Gasteiger partial charge in [0.15, 0.2) is 5.82 Å². The van der Waals surface area contributed by atoms with E-state index >= 15 is 0 Å². The molecule has 100 valence electrons. The second kappa shape index (κ2) is 5.57. The zero-order valence-corrected chi connectivity index (χ0v) is 14.1. The van der Waals surface area contributed by atoms with Crippen molar-refractivity contribution in [1.82, 2.24) is 10.2 Å². The lowest BCUT2D eigenvalue weighted by atomic mass is 10.0. The van der Waals surface area contributed by atoms with E-state index in [-0.39, 0.29) is 0 Å². The normalized spacial score (nSPS) is 10.7. The first-order chi connectivity index (χ1) is 9.66. The van der Waals surface area contributed by atoms with Gasteiger partial charge in [0.25, 0.3) is 0 Å². The van der Waals surface area contributed by atoms with Crippen LogP contribution in [0.15, 0.2) is 53.0 Å². The van der Waals surface area contributed by atoms with Gasteiger partial charge in [0.05, 0.1) is 11.3 Å². The van der Waals surface area contributed by atoms with E-state index in [1.54, 1.807) is 0 Å². The fourth-order valence-electron chi connectivity index (χ4n) is 2.12. The largest absolute Gasteiger partial charge is 0.382 e. The van der Waals surface area contributed by atoms with E-state index in [1.807, 2.05) is 24.3 Å². The molecule has 2 aromatic carbocycles. The average molecular weight is 440 g/mol. The van der Waals surface area contributed by atoms with Gasteiger partial charge in [-0.2, -0.15) is 5.10 Å². The highest BCUT2D eigenvalue weighted by Crippen LogP contribution is 2.38. The minimum Gasteiger partial charge on any atom is -0.382 e. The number of nitrogens with zero attached hydrogens (tertiary/aromatic N) is 1. The predicted molar refractivity (Wildman–Crippen MR) is 94.3 cm³/mol. The molecule has 0 aliphatic carbocycles. The van der Waals surface area contributed by atoms with Gasteiger partial charge in [-0.25, -0.2) is 0 Å². The summed E-state index contributed by atoms with van der Waals surface area (Å²) in [5.41, 5.74) is 10.0. The second-order valence-electron chi connectivity index (χ2n) is 4.35. The molecule has 20 heavy (non-hydrogen) atoms. The Morgan fingerprint density at radius 1 is 1.05 bits per heavy atom. The van der Waals surface area contributed by atoms with Crippen LogP contribution in [0.5, 0.6) is 0 Å². The molecule has 3 aromatic rings. The summed E-state index contributed by atoms with van der Waals surface area (Å²) < 4.78 is 2.20. The van der Waals surface area contributed by atoms with E-state index in [0.717, 1.165) is 26.9 Å². The molecule has 0 saturated carbocycles. The van der Waals surface area contributed by atoms with Gasteiger partial charge in [-0.1, -0.05) is 46.3 Å². The van der Waals surface area contributed by atoms with Gasteiger partial charge in [-0.3, -0.25) is 5.10 Å². The number of aromatic amines is 1. The third-order valence-electron chi connectivity index (χ3n) is 3.07. The number of benzene rings is 2. The minimum atomic E-state index is 0.505. The molecule has 1 heterocycles. The summed E-state index contributed by atoms with van der Waals surface area (Å²) in [4.78, 5) is 0. The molecule has 0 aliphatic heterocycles. The number of nitrogens with two attached hydrogens (primary N) is 1. The topological polar surface area (TPSA) is 54.7 Å². The Hall–Kier alpha value is -1.34. The highest BCUT2D eigenvalue weighted by atomic mass is 127. The lowest BCUT2D eigenvalue weighted by Gasteiger charge is -2.07. The zero-order chi connectivity index (χ0) is 14.1. The molecule has 0 fully saturated rings. The Labute approximate surface area is 138 Å². The lowest BCUT2D eigenvalue weighted by molar-refractivity contribution is 1.10. The number of halogens is 2. The number of nitrogen functional groups attached to an aromatic ring is 1. The van der Waals surface area contributed by atoms with Gasteiger partial charge in [0.2, 0.25) is 0 Å². The van der Waals surface area contributed by atoms with Gasteiger partial charge in [0, 0.05) is 19.2 Å². The molecule has 5 heteroatoms. The summed E-state index contributed by atoms with van der Waals surface area (Å²) >= 11 is 5.86. The fraction of sp³-hybridized carbons (Fsp3) is 0. The number of hydrogen-bond acceptors (Lipinski definition) is 2. The number of aromatic nitrogens is 2. The first-order valence-corrected chi connectivity index (χ1v) is 7.88. The molecule has 0 saturated heterocycles. The molecule has 1 aromatic heterocycles. The van der Waals surface area contributed by atoms with E-state index in [1.165, 1.54) is 3.57 Å². The zero-order valence-electron chi connectivity index (χ0n) is 10.4. The molecule has 0 radical (unpaired) electrons. The van der Waals surface area contributed by atoms with Crippen molar-refractivity contribution in [3.63, 3.8) is 0 Å². The third kappa shape index (κ3) is 2.47. The summed E-state index contributed by atoms with van der Waals surface area (Å²) in [6, 6.07) is 16.3. The second-order valence-corrected chi connectivity index (χ2v) is 6.45. The molecule has 0 unspecified atom stereocenters. The van der Waals surface area contributed by atoms with Crippen molar-refractivity contribution in [1.29, 1.82) is 0 Å². The van der Waals surface area contributed by atoms with Crippen LogP contribution in [0.1, 0.15) is 0 Å². The highest BCUT2D eigenvalue weighted by molar-refractivity contribution is 14.1. The number of H-pyrrole nitrogens is 1. The Morgan fingerprint density at radius 3 is 2.45 bits per heavy atom. The van der Waals surface area contributed by atoms with E-state index < -0.39 is 0 Å². The Bertz CT molecular complexity index is 750. The third-order valence-corrected chi connectivity index (χ3v) is 4.48. The van der Waals surface area contributed by atoms with Crippen LogP contribution < -0.4 is 5.73 Å². The first kappa shape index (κ1) is 13.6. The van der Waals surface area contributed by atoms with Crippen LogP contribution >= 0.6 is 38.5 Å². The van der Waals surface area contributed by atoms with E-state index in [2.05, 4.69) is 73.0 Å². The number of rotatable bonds is 2. The van der Waals surface area contributed by atoms with Crippen LogP contribution in [-0.2, 0) is 0 Å². The van der Waals surface area contributed by atoms with Crippen LogP contribution in [-0.4, -0.2) is 10.2 Å². The summed E-state index contributed by atoms with van der Waals surface area (Å²) in [5, 5.41) is 7.20. The standard InChI is InChI=1S/C15H11BrIN3/c16-12-4-2-1-3-11(12)13-14(19-20-15(13)18)9-5-7-10(17)8-6-9/h1-8H,(H3,18,19,20). The molecule has 0 aliphatic rings. The predicted octanol–water partition coefficient (Wildman–Crippen LogP) is 4.69. The monoisotopic (exact) mass is 439 g/mol. The van der Waals surface area contributed by atoms with E-state index in [4.69, 9.17) is 5.73 Å². The molecule has 0 bridgehead atoms. The van der Waals surface area contributed by atoms with Crippen molar-refractivity contribution in [2.24, 2.45) is 0 Å². The van der Waals surface area contributed by atoms with Crippen molar-refractivity contribution >= 4 is 44.3 Å². The van der Waals surface area contributed by atoms with Crippen LogP contribution in [0.3, 0.4) is 0 Å². The Morgan fingerprint density at radius 2 is 1.75 bits per heavy atom. The molecule has 0 spiro atoms. The maximum atomic E-state index is 6.04. The quantitative estimate of drug-likeness (QED) is 0.569. The maximum Gasteiger partial charge on any atom is 0.153 e. The molecule has 3 nitrogen and oxygen atoms in total. The van der Waals surface area contributed by atoms with Crippen LogP contribution in [0.2, 0.25) is 0 Å². The van der Waals surface area contributed by atoms with Gasteiger partial charge in [0.1, 0.15) is 0 Å². The minimum absolute atomic E-state index is 0.505. The van der Waals surface area contributed by atoms with Crippen molar-refractivity contribution in [2.75, 3.05) is 5.73 Å². The Balaban J connectivity index is 2.20. The first-order valence-electron chi connectivity index (χ1n) is 6.01. The van der Waals surface area contributed by atoms with Gasteiger partial charge >= 0.3 is 0 Å². The highest BCUT2D eigenvalue weighted by Gasteiger charge is 2.16. The smallest absolute Gasteiger partial charge is 0.153 e. The summed E-state index contributed by atoms with van der Waals surface area (Å²) in [6.07, 6.45) is 0. The molecule has 0 atom stereocenters. The number of nitrogens with one attached hydrogen (secondary N) is 1. The molecule has 0 amide bonds. The van der Waals surface area contributed by atoms with Crippen molar-refractivity contribution in [3.8, 4) is 22.4 Å². The van der Waals surface area contributed by atoms with Gasteiger partial charge in [-0.05, 0) is 40.8 Å². The summed E-state index contributed by atoms with van der Waals surface area (Å²) in [5.74, 6) is 0.505. The SMILES string of the molecule is Nc1n[nH]c(-c2ccc(I)cc2)c1-c1ccccc1Br. The Kier molecular flexibility index (Phi) is 3.80. The van der Waals surface area contributed by atoms with Crippen LogP contribution in [0.25, 0.3) is 22.4 Å². The number of hydrogen-bond donors (Lipinski definition) is 2. The van der Waals surface area contributed by atoms with E-state index in [0.29, 0.717) is 5.82 Å². The van der Waals surface area contributed by atoms with Crippen molar-refractivity contribution in [2.45, 2.75) is 0 Å². The fourth-order valence-corrected chi connectivity index (χ4v) is 2.96. The van der Waals surface area contributed by atoms with Crippen molar-refractivity contribution in [3.05, 3.63) is 56.6 Å². The number of anilines is 1. The summed E-state index contributed by atoms with van der Waals surface area (Å²) in [7, 11) is 0. The van der Waals surface area contributed by atoms with Crippen LogP contribution in [0.4, 0.5) is 5.82 Å². The van der Waals surface area contributed by atoms with Crippen LogP contribution in [0, 0.1) is 3.57 Å². The van der Waals surface area contributed by atoms with Gasteiger partial charge in [-0.15, -0.1) is 0 Å². The molecular weight excluding hydrogens is 429 g/mol. The molecule has 3 N–H and O–H groups in total. The van der Waals surface area contributed by atoms with Crippen molar-refractivity contribution < 1.29 is 0 Å². The molecule has 3 rings (SSSR count).